The SMILES string of the molecule is C=CC(=O)[N+]1(O)C(O)[N+](O)(C(=O)C=C)C(O)[N+](O)(C(=O)C=C)C1O. The lowest BCUT2D eigenvalue weighted by Gasteiger charge is -2.48. The molecule has 0 aliphatic carbocycles. The molecule has 132 valence electrons. The van der Waals surface area contributed by atoms with Crippen molar-refractivity contribution in [1.82, 2.24) is 0 Å². The molecule has 0 bridgehead atoms. The first kappa shape index (κ1) is 19.9. The van der Waals surface area contributed by atoms with E-state index >= 15 is 0 Å². The zero-order valence-corrected chi connectivity index (χ0v) is 12.3. The molecule has 0 aromatic carbocycles. The zero-order valence-electron chi connectivity index (χ0n) is 12.3. The van der Waals surface area contributed by atoms with Crippen molar-refractivity contribution in [3.05, 3.63) is 38.0 Å². The van der Waals surface area contributed by atoms with Crippen molar-refractivity contribution in [2.75, 3.05) is 0 Å². The van der Waals surface area contributed by atoms with E-state index in [1.165, 1.54) is 0 Å². The lowest BCUT2D eigenvalue weighted by Crippen LogP contribution is -2.91. The second kappa shape index (κ2) is 6.06. The fraction of sp³-hybridized carbons (Fsp3) is 0.250. The van der Waals surface area contributed by atoms with Crippen LogP contribution in [0.2, 0.25) is 0 Å². The van der Waals surface area contributed by atoms with Crippen molar-refractivity contribution < 1.29 is 59.3 Å². The Kier molecular flexibility index (Phi) is 5.03. The van der Waals surface area contributed by atoms with Gasteiger partial charge in [-0.15, -0.1) is 0 Å². The highest BCUT2D eigenvalue weighted by Gasteiger charge is 2.83. The number of nitrogens with zero attached hydrogens (tertiary/aromatic N) is 3. The van der Waals surface area contributed by atoms with Crippen molar-refractivity contribution in [3.8, 4) is 0 Å². The third-order valence-electron chi connectivity index (χ3n) is 3.70. The maximum Gasteiger partial charge on any atom is 0.420 e. The number of carbonyl (C=O) groups is 3. The Hall–Kier alpha value is -2.13. The summed E-state index contributed by atoms with van der Waals surface area (Å²) in [5.74, 6) is -4.82. The zero-order chi connectivity index (χ0) is 19.1. The van der Waals surface area contributed by atoms with Crippen LogP contribution in [0.4, 0.5) is 0 Å². The van der Waals surface area contributed by atoms with Gasteiger partial charge in [-0.2, -0.15) is 15.6 Å². The summed E-state index contributed by atoms with van der Waals surface area (Å²) in [6, 6.07) is 0. The quantitative estimate of drug-likeness (QED) is 0.184. The van der Waals surface area contributed by atoms with Crippen LogP contribution in [0.5, 0.6) is 0 Å². The third kappa shape index (κ3) is 2.11. The molecule has 1 rings (SSSR count). The molecule has 1 heterocycles. The van der Waals surface area contributed by atoms with Gasteiger partial charge in [0.1, 0.15) is 0 Å². The van der Waals surface area contributed by atoms with Crippen LogP contribution in [0.25, 0.3) is 0 Å². The van der Waals surface area contributed by atoms with E-state index < -0.39 is 50.7 Å². The maximum atomic E-state index is 11.9. The van der Waals surface area contributed by atoms with Crippen LogP contribution in [0.15, 0.2) is 38.0 Å². The van der Waals surface area contributed by atoms with Gasteiger partial charge in [0.25, 0.3) is 0 Å². The number of hydrogen-bond acceptors (Lipinski definition) is 9. The van der Waals surface area contributed by atoms with E-state index in [0.717, 1.165) is 0 Å². The van der Waals surface area contributed by atoms with E-state index in [-0.39, 0.29) is 0 Å². The summed E-state index contributed by atoms with van der Waals surface area (Å²) in [6.45, 7) is 8.99. The number of rotatable bonds is 3. The Balaban J connectivity index is 3.86. The molecule has 0 saturated carbocycles. The Labute approximate surface area is 135 Å². The average molecular weight is 348 g/mol. The number of hydroxylamine groups is 9. The van der Waals surface area contributed by atoms with E-state index in [2.05, 4.69) is 19.7 Å². The summed E-state index contributed by atoms with van der Waals surface area (Å²) in [4.78, 5) is 35.7. The fourth-order valence-electron chi connectivity index (χ4n) is 2.28. The minimum absolute atomic E-state index is 0.385. The van der Waals surface area contributed by atoms with Crippen molar-refractivity contribution in [2.45, 2.75) is 19.1 Å². The van der Waals surface area contributed by atoms with Gasteiger partial charge in [0, 0.05) is 32.2 Å². The van der Waals surface area contributed by atoms with Gasteiger partial charge in [0.05, 0.1) is 0 Å². The highest BCUT2D eigenvalue weighted by atomic mass is 16.8. The summed E-state index contributed by atoms with van der Waals surface area (Å²) in [7, 11) is 0. The van der Waals surface area contributed by atoms with Crippen LogP contribution in [0.3, 0.4) is 0 Å². The van der Waals surface area contributed by atoms with Crippen LogP contribution in [0.1, 0.15) is 0 Å². The topological polar surface area (TPSA) is 173 Å². The van der Waals surface area contributed by atoms with E-state index in [9.17, 15) is 45.3 Å². The molecule has 0 aromatic heterocycles. The summed E-state index contributed by atoms with van der Waals surface area (Å²) in [5, 5.41) is 61.3. The lowest BCUT2D eigenvalue weighted by atomic mass is 10.3. The second-order valence-corrected chi connectivity index (χ2v) is 4.88. The summed E-state index contributed by atoms with van der Waals surface area (Å²) in [5.41, 5.74) is 0. The Morgan fingerprint density at radius 3 is 0.917 bits per heavy atom. The molecule has 0 spiro atoms. The van der Waals surface area contributed by atoms with Crippen LogP contribution < -0.4 is 0 Å². The molecule has 1 aliphatic heterocycles. The van der Waals surface area contributed by atoms with Gasteiger partial charge in [-0.3, -0.25) is 15.3 Å². The molecule has 0 unspecified atom stereocenters. The van der Waals surface area contributed by atoms with Gasteiger partial charge in [-0.1, -0.05) is 19.7 Å². The first-order valence-electron chi connectivity index (χ1n) is 6.30. The van der Waals surface area contributed by atoms with Gasteiger partial charge < -0.3 is 0 Å². The summed E-state index contributed by atoms with van der Waals surface area (Å²) in [6.07, 6.45) is -7.72. The van der Waals surface area contributed by atoms with E-state index in [4.69, 9.17) is 0 Å². The normalized spacial score (nSPS) is 42.0. The number of amides is 3. The number of quaternary nitrogens is 3. The molecule has 12 heteroatoms. The highest BCUT2D eigenvalue weighted by Crippen LogP contribution is 2.38. The highest BCUT2D eigenvalue weighted by molar-refractivity contribution is 5.83. The summed E-state index contributed by atoms with van der Waals surface area (Å²) >= 11 is 0. The van der Waals surface area contributed by atoms with E-state index in [1.807, 2.05) is 0 Å². The monoisotopic (exact) mass is 348 g/mol. The Morgan fingerprint density at radius 2 is 0.792 bits per heavy atom. The smallest absolute Gasteiger partial charge is 0.291 e. The largest absolute Gasteiger partial charge is 0.420 e. The van der Waals surface area contributed by atoms with Gasteiger partial charge in [0.2, 0.25) is 0 Å². The predicted octanol–water partition coefficient (Wildman–Crippen LogP) is -2.42. The molecular formula is C12H18N3O9+3. The minimum atomic E-state index is -2.96. The van der Waals surface area contributed by atoms with E-state index in [1.54, 1.807) is 0 Å². The second-order valence-electron chi connectivity index (χ2n) is 4.88. The van der Waals surface area contributed by atoms with Gasteiger partial charge in [0.15, 0.2) is 0 Å². The fourth-order valence-corrected chi connectivity index (χ4v) is 2.28. The van der Waals surface area contributed by atoms with Gasteiger partial charge in [-0.25, -0.2) is 14.4 Å². The molecule has 0 atom stereocenters. The standard InChI is InChI=1S/C12H18N3O9/c1-4-7(16)13(22)10(19)14(23,8(17)5-2)12(21)15(24,11(13)20)9(18)6-3/h4-6,10-12,19-24H,1-3H2/q+3. The Morgan fingerprint density at radius 1 is 0.625 bits per heavy atom. The lowest BCUT2D eigenvalue weighted by molar-refractivity contribution is -1.43. The summed E-state index contributed by atoms with van der Waals surface area (Å²) < 4.78 is -7.98. The molecular weight excluding hydrogens is 330 g/mol. The third-order valence-corrected chi connectivity index (χ3v) is 3.70. The molecule has 6 N–H and O–H groups in total. The van der Waals surface area contributed by atoms with Crippen molar-refractivity contribution in [1.29, 1.82) is 0 Å². The molecule has 0 radical (unpaired) electrons. The average Bonchev–Trinajstić information content (AvgIpc) is 2.60. The molecule has 12 nitrogen and oxygen atoms in total. The number of hydrogen-bond donors (Lipinski definition) is 6. The molecule has 0 aromatic rings. The molecule has 3 amide bonds. The Bertz CT molecular complexity index is 534. The van der Waals surface area contributed by atoms with Crippen molar-refractivity contribution in [2.24, 2.45) is 0 Å². The van der Waals surface area contributed by atoms with Crippen molar-refractivity contribution in [3.63, 3.8) is 0 Å². The van der Waals surface area contributed by atoms with Crippen LogP contribution in [-0.2, 0) is 14.4 Å². The van der Waals surface area contributed by atoms with Crippen LogP contribution in [0, 0.1) is 0 Å². The van der Waals surface area contributed by atoms with Crippen molar-refractivity contribution >= 4 is 17.7 Å². The van der Waals surface area contributed by atoms with Gasteiger partial charge in [-0.05, 0) is 0 Å². The number of carbonyl (C=O) groups excluding carboxylic acids is 3. The number of aliphatic hydroxyl groups excluding tert-OH is 3. The molecule has 1 saturated heterocycles. The first-order chi connectivity index (χ1) is 10.9. The number of aliphatic hydroxyl groups is 3. The van der Waals surface area contributed by atoms with Crippen LogP contribution >= 0.6 is 0 Å². The van der Waals surface area contributed by atoms with E-state index in [0.29, 0.717) is 18.2 Å². The molecule has 1 fully saturated rings. The minimum Gasteiger partial charge on any atom is -0.291 e. The molecule has 24 heavy (non-hydrogen) atoms. The van der Waals surface area contributed by atoms with Gasteiger partial charge >= 0.3 is 36.8 Å². The van der Waals surface area contributed by atoms with Crippen LogP contribution in [-0.4, -0.2) is 81.7 Å². The maximum absolute atomic E-state index is 11.9. The molecule has 1 aliphatic rings. The first-order valence-corrected chi connectivity index (χ1v) is 6.30. The predicted molar refractivity (Wildman–Crippen MR) is 69.8 cm³/mol.